The van der Waals surface area contributed by atoms with Crippen LogP contribution in [0.5, 0.6) is 0 Å². The Kier molecular flexibility index (Phi) is 2.83. The first-order valence-corrected chi connectivity index (χ1v) is 8.00. The first-order chi connectivity index (χ1) is 9.93. The van der Waals surface area contributed by atoms with Crippen LogP contribution in [0.25, 0.3) is 31.8 Å². The van der Waals surface area contributed by atoms with E-state index in [2.05, 4.69) is 46.4 Å². The minimum atomic E-state index is 1.07. The van der Waals surface area contributed by atoms with Gasteiger partial charge in [-0.3, -0.25) is 4.98 Å². The maximum absolute atomic E-state index is 4.56. The van der Waals surface area contributed by atoms with E-state index in [4.69, 9.17) is 0 Å². The van der Waals surface area contributed by atoms with Gasteiger partial charge < -0.3 is 0 Å². The molecule has 0 N–H and O–H groups in total. The van der Waals surface area contributed by atoms with Crippen molar-refractivity contribution < 1.29 is 0 Å². The Balaban J connectivity index is 2.08. The average Bonchev–Trinajstić information content (AvgIpc) is 3.18. The molecule has 0 unspecified atom stereocenters. The molecular formula is C16H10N2S2. The molecule has 0 amide bonds. The summed E-state index contributed by atoms with van der Waals surface area (Å²) in [5.41, 5.74) is 8.47. The topological polar surface area (TPSA) is 25.8 Å². The fourth-order valence-electron chi connectivity index (χ4n) is 2.38. The first kappa shape index (κ1) is 11.8. The van der Waals surface area contributed by atoms with Gasteiger partial charge in [0.05, 0.1) is 26.1 Å². The lowest BCUT2D eigenvalue weighted by Crippen LogP contribution is -1.85. The molecule has 4 heteroatoms. The minimum Gasteiger partial charge on any atom is -0.252 e. The van der Waals surface area contributed by atoms with Crippen LogP contribution in [0.15, 0.2) is 59.7 Å². The second-order valence-electron chi connectivity index (χ2n) is 4.42. The van der Waals surface area contributed by atoms with Gasteiger partial charge in [0.15, 0.2) is 0 Å². The number of thiazole rings is 2. The molecule has 0 aliphatic rings. The third-order valence-electron chi connectivity index (χ3n) is 3.27. The van der Waals surface area contributed by atoms with Crippen LogP contribution in [-0.2, 0) is 0 Å². The Labute approximate surface area is 124 Å². The van der Waals surface area contributed by atoms with Crippen molar-refractivity contribution in [1.82, 2.24) is 9.97 Å². The standard InChI is InChI=1S/C16H10N2S2/c1-2-4-11(5-3-1)12-6-7-13-16(18-10-20-13)15(12)14-8-17-9-19-14/h1-10H. The number of rotatable bonds is 2. The molecule has 2 nitrogen and oxygen atoms in total. The van der Waals surface area contributed by atoms with E-state index in [-0.39, 0.29) is 0 Å². The molecule has 2 aromatic heterocycles. The van der Waals surface area contributed by atoms with Gasteiger partial charge in [0, 0.05) is 11.8 Å². The zero-order valence-corrected chi connectivity index (χ0v) is 12.1. The summed E-state index contributed by atoms with van der Waals surface area (Å²) in [7, 11) is 0. The Morgan fingerprint density at radius 2 is 1.75 bits per heavy atom. The van der Waals surface area contributed by atoms with Gasteiger partial charge in [-0.05, 0) is 17.2 Å². The molecule has 0 fully saturated rings. The van der Waals surface area contributed by atoms with Crippen LogP contribution in [-0.4, -0.2) is 9.97 Å². The molecule has 0 saturated carbocycles. The van der Waals surface area contributed by atoms with Crippen LogP contribution in [0, 0.1) is 0 Å². The number of hydrogen-bond donors (Lipinski definition) is 0. The van der Waals surface area contributed by atoms with Crippen LogP contribution in [0.4, 0.5) is 0 Å². The number of hydrogen-bond acceptors (Lipinski definition) is 4. The molecule has 20 heavy (non-hydrogen) atoms. The highest BCUT2D eigenvalue weighted by Gasteiger charge is 2.14. The van der Waals surface area contributed by atoms with Crippen molar-refractivity contribution in [3.63, 3.8) is 0 Å². The smallest absolute Gasteiger partial charge is 0.0905 e. The second kappa shape index (κ2) is 4.81. The fraction of sp³-hybridized carbons (Fsp3) is 0. The van der Waals surface area contributed by atoms with Crippen molar-refractivity contribution in [3.05, 3.63) is 59.7 Å². The molecule has 0 spiro atoms. The zero-order valence-electron chi connectivity index (χ0n) is 10.5. The third-order valence-corrected chi connectivity index (χ3v) is 4.85. The predicted octanol–water partition coefficient (Wildman–Crippen LogP) is 5.09. The van der Waals surface area contributed by atoms with Gasteiger partial charge in [0.2, 0.25) is 0 Å². The molecule has 4 aromatic rings. The zero-order chi connectivity index (χ0) is 13.4. The maximum Gasteiger partial charge on any atom is 0.0905 e. The van der Waals surface area contributed by atoms with Crippen LogP contribution < -0.4 is 0 Å². The van der Waals surface area contributed by atoms with Gasteiger partial charge in [0.1, 0.15) is 0 Å². The Morgan fingerprint density at radius 1 is 0.850 bits per heavy atom. The molecule has 0 aliphatic carbocycles. The van der Waals surface area contributed by atoms with E-state index < -0.39 is 0 Å². The summed E-state index contributed by atoms with van der Waals surface area (Å²) in [5, 5.41) is 0. The monoisotopic (exact) mass is 294 g/mol. The van der Waals surface area contributed by atoms with Crippen molar-refractivity contribution in [2.75, 3.05) is 0 Å². The van der Waals surface area contributed by atoms with E-state index in [1.807, 2.05) is 23.3 Å². The molecule has 2 heterocycles. The largest absolute Gasteiger partial charge is 0.252 e. The molecule has 0 bridgehead atoms. The van der Waals surface area contributed by atoms with Crippen molar-refractivity contribution in [2.24, 2.45) is 0 Å². The summed E-state index contributed by atoms with van der Waals surface area (Å²) in [6, 6.07) is 14.8. The summed E-state index contributed by atoms with van der Waals surface area (Å²) in [5.74, 6) is 0. The van der Waals surface area contributed by atoms with E-state index in [0.29, 0.717) is 0 Å². The van der Waals surface area contributed by atoms with Crippen molar-refractivity contribution >= 4 is 32.9 Å². The van der Waals surface area contributed by atoms with Gasteiger partial charge in [-0.25, -0.2) is 4.98 Å². The SMILES string of the molecule is c1ccc(-c2ccc3scnc3c2-c2cncs2)cc1. The second-order valence-corrected chi connectivity index (χ2v) is 6.19. The molecular weight excluding hydrogens is 284 g/mol. The summed E-state index contributed by atoms with van der Waals surface area (Å²) >= 11 is 3.33. The molecule has 2 aromatic carbocycles. The van der Waals surface area contributed by atoms with Gasteiger partial charge >= 0.3 is 0 Å². The van der Waals surface area contributed by atoms with E-state index in [1.165, 1.54) is 26.3 Å². The molecule has 0 radical (unpaired) electrons. The number of aromatic nitrogens is 2. The maximum atomic E-state index is 4.56. The molecule has 0 atom stereocenters. The van der Waals surface area contributed by atoms with Gasteiger partial charge in [-0.1, -0.05) is 36.4 Å². The highest BCUT2D eigenvalue weighted by atomic mass is 32.1. The summed E-state index contributed by atoms with van der Waals surface area (Å²) in [4.78, 5) is 9.94. The Morgan fingerprint density at radius 3 is 2.55 bits per heavy atom. The Hall–Kier alpha value is -2.04. The normalized spacial score (nSPS) is 11.0. The summed E-state index contributed by atoms with van der Waals surface area (Å²) in [6.45, 7) is 0. The molecule has 0 saturated heterocycles. The van der Waals surface area contributed by atoms with Gasteiger partial charge in [0.25, 0.3) is 0 Å². The number of fused-ring (bicyclic) bond motifs is 1. The Bertz CT molecular complexity index is 849. The lowest BCUT2D eigenvalue weighted by molar-refractivity contribution is 1.42. The van der Waals surface area contributed by atoms with Crippen LogP contribution >= 0.6 is 22.7 Å². The van der Waals surface area contributed by atoms with Crippen LogP contribution in [0.2, 0.25) is 0 Å². The molecule has 0 aliphatic heterocycles. The lowest BCUT2D eigenvalue weighted by atomic mass is 9.98. The van der Waals surface area contributed by atoms with E-state index in [0.717, 1.165) is 5.52 Å². The average molecular weight is 294 g/mol. The van der Waals surface area contributed by atoms with E-state index in [1.54, 1.807) is 22.7 Å². The predicted molar refractivity (Wildman–Crippen MR) is 86.2 cm³/mol. The van der Waals surface area contributed by atoms with Gasteiger partial charge in [-0.2, -0.15) is 0 Å². The summed E-state index contributed by atoms with van der Waals surface area (Å²) < 4.78 is 1.22. The van der Waals surface area contributed by atoms with Crippen LogP contribution in [0.3, 0.4) is 0 Å². The highest BCUT2D eigenvalue weighted by molar-refractivity contribution is 7.17. The quantitative estimate of drug-likeness (QED) is 0.515. The van der Waals surface area contributed by atoms with E-state index >= 15 is 0 Å². The van der Waals surface area contributed by atoms with Crippen LogP contribution in [0.1, 0.15) is 0 Å². The highest BCUT2D eigenvalue weighted by Crippen LogP contribution is 2.39. The minimum absolute atomic E-state index is 1.07. The van der Waals surface area contributed by atoms with Gasteiger partial charge in [-0.15, -0.1) is 22.7 Å². The van der Waals surface area contributed by atoms with Crippen molar-refractivity contribution in [2.45, 2.75) is 0 Å². The van der Waals surface area contributed by atoms with Crippen molar-refractivity contribution in [3.8, 4) is 21.6 Å². The number of benzene rings is 2. The van der Waals surface area contributed by atoms with Crippen molar-refractivity contribution in [1.29, 1.82) is 0 Å². The third kappa shape index (κ3) is 1.85. The lowest BCUT2D eigenvalue weighted by Gasteiger charge is -2.09. The van der Waals surface area contributed by atoms with E-state index in [9.17, 15) is 0 Å². The molecule has 96 valence electrons. The fourth-order valence-corrected chi connectivity index (χ4v) is 3.74. The first-order valence-electron chi connectivity index (χ1n) is 6.24. The summed E-state index contributed by atoms with van der Waals surface area (Å²) in [6.07, 6.45) is 1.92. The number of nitrogens with zero attached hydrogens (tertiary/aromatic N) is 2. The molecule has 4 rings (SSSR count).